The maximum absolute atomic E-state index is 12.8. The van der Waals surface area contributed by atoms with Gasteiger partial charge in [-0.05, 0) is 37.0 Å². The fourth-order valence-corrected chi connectivity index (χ4v) is 3.81. The van der Waals surface area contributed by atoms with Gasteiger partial charge in [-0.2, -0.15) is 0 Å². The predicted octanol–water partition coefficient (Wildman–Crippen LogP) is 4.94. The molecule has 0 spiro atoms. The van der Waals surface area contributed by atoms with Crippen LogP contribution in [0.25, 0.3) is 0 Å². The summed E-state index contributed by atoms with van der Waals surface area (Å²) in [5.41, 5.74) is 0.642. The largest absolute Gasteiger partial charge is 0.573 e. The predicted molar refractivity (Wildman–Crippen MR) is 99.8 cm³/mol. The average Bonchev–Trinajstić information content (AvgIpc) is 2.44. The highest BCUT2D eigenvalue weighted by Gasteiger charge is 2.38. The van der Waals surface area contributed by atoms with Gasteiger partial charge in [-0.3, -0.25) is 4.90 Å². The molecule has 1 aliphatic heterocycles. The van der Waals surface area contributed by atoms with Crippen LogP contribution in [-0.4, -0.2) is 37.4 Å². The lowest BCUT2D eigenvalue weighted by Gasteiger charge is -2.43. The zero-order valence-electron chi connectivity index (χ0n) is 13.5. The van der Waals surface area contributed by atoms with Crippen LogP contribution in [0.5, 0.6) is 5.75 Å². The number of ether oxygens (including phenoxy) is 1. The van der Waals surface area contributed by atoms with Gasteiger partial charge < -0.3 is 10.1 Å². The molecule has 0 unspecified atom stereocenters. The van der Waals surface area contributed by atoms with E-state index in [0.29, 0.717) is 11.5 Å². The van der Waals surface area contributed by atoms with Crippen molar-refractivity contribution in [3.8, 4) is 5.75 Å². The first-order valence-electron chi connectivity index (χ1n) is 7.94. The molecule has 0 bridgehead atoms. The summed E-state index contributed by atoms with van der Waals surface area (Å²) >= 11 is 3.39. The first-order chi connectivity index (χ1) is 10.9. The monoisotopic (exact) mass is 464 g/mol. The highest BCUT2D eigenvalue weighted by Crippen LogP contribution is 2.45. The number of piperazine rings is 1. The highest BCUT2D eigenvalue weighted by atomic mass is 79.9. The van der Waals surface area contributed by atoms with Crippen molar-refractivity contribution in [2.24, 2.45) is 5.92 Å². The Hall–Kier alpha value is -0.210. The summed E-state index contributed by atoms with van der Waals surface area (Å²) in [6.07, 6.45) is -1.40. The smallest absolute Gasteiger partial charge is 0.405 e. The molecular formula is C16H22BrCl2F3N2O. The van der Waals surface area contributed by atoms with Crippen LogP contribution in [0.2, 0.25) is 0 Å². The van der Waals surface area contributed by atoms with E-state index in [-0.39, 0.29) is 36.6 Å². The van der Waals surface area contributed by atoms with Crippen molar-refractivity contribution in [1.29, 1.82) is 0 Å². The maximum atomic E-state index is 12.8. The van der Waals surface area contributed by atoms with Gasteiger partial charge in [0.25, 0.3) is 0 Å². The summed E-state index contributed by atoms with van der Waals surface area (Å²) in [6.45, 7) is 3.43. The van der Waals surface area contributed by atoms with E-state index in [1.54, 1.807) is 12.1 Å². The normalized spacial score (nSPS) is 20.0. The molecule has 1 saturated carbocycles. The summed E-state index contributed by atoms with van der Waals surface area (Å²) in [7, 11) is 0. The zero-order valence-corrected chi connectivity index (χ0v) is 16.7. The number of hydrogen-bond donors (Lipinski definition) is 1. The van der Waals surface area contributed by atoms with Crippen molar-refractivity contribution in [2.45, 2.75) is 31.7 Å². The van der Waals surface area contributed by atoms with Gasteiger partial charge in [0.15, 0.2) is 0 Å². The topological polar surface area (TPSA) is 24.5 Å². The van der Waals surface area contributed by atoms with E-state index in [1.807, 2.05) is 0 Å². The molecule has 2 fully saturated rings. The van der Waals surface area contributed by atoms with Crippen LogP contribution in [-0.2, 0) is 0 Å². The van der Waals surface area contributed by atoms with Gasteiger partial charge in [-0.25, -0.2) is 0 Å². The molecule has 0 amide bonds. The molecule has 1 aromatic rings. The van der Waals surface area contributed by atoms with E-state index in [4.69, 9.17) is 0 Å². The van der Waals surface area contributed by atoms with Crippen LogP contribution >= 0.6 is 40.7 Å². The Morgan fingerprint density at radius 2 is 1.80 bits per heavy atom. The molecule has 0 radical (unpaired) electrons. The van der Waals surface area contributed by atoms with Crippen molar-refractivity contribution in [3.63, 3.8) is 0 Å². The highest BCUT2D eigenvalue weighted by molar-refractivity contribution is 9.10. The minimum absolute atomic E-state index is 0. The summed E-state index contributed by atoms with van der Waals surface area (Å²) < 4.78 is 43.4. The second-order valence-electron chi connectivity index (χ2n) is 6.15. The number of alkyl halides is 3. The SMILES string of the molecule is Cl.Cl.FC(F)(F)Oc1ccc(Br)cc1[C@H](C1CCC1)N1CCNCC1. The molecule has 1 atom stereocenters. The van der Waals surface area contributed by atoms with Crippen molar-refractivity contribution in [3.05, 3.63) is 28.2 Å². The average molecular weight is 466 g/mol. The second-order valence-corrected chi connectivity index (χ2v) is 7.07. The van der Waals surface area contributed by atoms with Crippen LogP contribution in [0.3, 0.4) is 0 Å². The molecule has 1 N–H and O–H groups in total. The van der Waals surface area contributed by atoms with E-state index in [9.17, 15) is 13.2 Å². The summed E-state index contributed by atoms with van der Waals surface area (Å²) in [5, 5.41) is 3.30. The summed E-state index contributed by atoms with van der Waals surface area (Å²) in [4.78, 5) is 2.30. The minimum Gasteiger partial charge on any atom is -0.405 e. The fraction of sp³-hybridized carbons (Fsp3) is 0.625. The Kier molecular flexibility index (Phi) is 8.81. The molecule has 1 heterocycles. The van der Waals surface area contributed by atoms with Gasteiger partial charge in [0.1, 0.15) is 5.75 Å². The van der Waals surface area contributed by atoms with E-state index in [2.05, 4.69) is 30.9 Å². The number of nitrogens with zero attached hydrogens (tertiary/aromatic N) is 1. The van der Waals surface area contributed by atoms with Crippen LogP contribution < -0.4 is 10.1 Å². The third kappa shape index (κ3) is 5.89. The second kappa shape index (κ2) is 9.65. The summed E-state index contributed by atoms with van der Waals surface area (Å²) in [6, 6.07) is 4.79. The molecule has 25 heavy (non-hydrogen) atoms. The Bertz CT molecular complexity index is 553. The molecule has 9 heteroatoms. The Morgan fingerprint density at radius 1 is 1.16 bits per heavy atom. The lowest BCUT2D eigenvalue weighted by atomic mass is 9.76. The van der Waals surface area contributed by atoms with Crippen LogP contribution in [0.15, 0.2) is 22.7 Å². The molecule has 144 valence electrons. The summed E-state index contributed by atoms with van der Waals surface area (Å²) in [5.74, 6) is 0.328. The molecule has 1 aliphatic carbocycles. The Labute approximate surface area is 166 Å². The lowest BCUT2D eigenvalue weighted by molar-refractivity contribution is -0.275. The van der Waals surface area contributed by atoms with Gasteiger partial charge >= 0.3 is 6.36 Å². The van der Waals surface area contributed by atoms with Gasteiger partial charge in [0, 0.05) is 42.3 Å². The van der Waals surface area contributed by atoms with E-state index < -0.39 is 6.36 Å². The van der Waals surface area contributed by atoms with E-state index >= 15 is 0 Å². The zero-order chi connectivity index (χ0) is 16.4. The maximum Gasteiger partial charge on any atom is 0.573 e. The molecule has 3 nitrogen and oxygen atoms in total. The van der Waals surface area contributed by atoms with Crippen molar-refractivity contribution in [2.75, 3.05) is 26.2 Å². The number of nitrogens with one attached hydrogen (secondary N) is 1. The Morgan fingerprint density at radius 3 is 2.32 bits per heavy atom. The molecule has 0 aromatic heterocycles. The van der Waals surface area contributed by atoms with Crippen LogP contribution in [0, 0.1) is 5.92 Å². The molecular weight excluding hydrogens is 444 g/mol. The molecule has 1 saturated heterocycles. The number of rotatable bonds is 4. The first-order valence-corrected chi connectivity index (χ1v) is 8.73. The van der Waals surface area contributed by atoms with E-state index in [0.717, 1.165) is 49.9 Å². The van der Waals surface area contributed by atoms with Crippen molar-refractivity contribution in [1.82, 2.24) is 10.2 Å². The third-order valence-electron chi connectivity index (χ3n) is 4.66. The molecule has 1 aromatic carbocycles. The third-order valence-corrected chi connectivity index (χ3v) is 5.15. The standard InChI is InChI=1S/C16H20BrF3N2O.2ClH/c17-12-4-5-14(23-16(18,19)20)13(10-12)15(11-2-1-3-11)22-8-6-21-7-9-22;;/h4-5,10-11,15,21H,1-3,6-9H2;2*1H/t15-;;/m0../s1. The van der Waals surface area contributed by atoms with Crippen LogP contribution in [0.1, 0.15) is 30.9 Å². The van der Waals surface area contributed by atoms with Crippen molar-refractivity contribution >= 4 is 40.7 Å². The van der Waals surface area contributed by atoms with Gasteiger partial charge in [0.2, 0.25) is 0 Å². The van der Waals surface area contributed by atoms with E-state index in [1.165, 1.54) is 6.07 Å². The first kappa shape index (κ1) is 22.8. The van der Waals surface area contributed by atoms with Gasteiger partial charge in [-0.1, -0.05) is 22.4 Å². The van der Waals surface area contributed by atoms with Gasteiger partial charge in [-0.15, -0.1) is 38.0 Å². The van der Waals surface area contributed by atoms with Crippen LogP contribution in [0.4, 0.5) is 13.2 Å². The number of hydrogen-bond acceptors (Lipinski definition) is 3. The minimum atomic E-state index is -4.67. The lowest BCUT2D eigenvalue weighted by Crippen LogP contribution is -2.48. The number of benzene rings is 1. The van der Waals surface area contributed by atoms with Crippen molar-refractivity contribution < 1.29 is 17.9 Å². The molecule has 3 rings (SSSR count). The molecule has 2 aliphatic rings. The van der Waals surface area contributed by atoms with Gasteiger partial charge in [0.05, 0.1) is 0 Å². The fourth-order valence-electron chi connectivity index (χ4n) is 3.43. The Balaban J connectivity index is 0.00000156. The quantitative estimate of drug-likeness (QED) is 0.681. The number of halogens is 6.